The lowest BCUT2D eigenvalue weighted by Gasteiger charge is -2.01. The average molecular weight is 229 g/mol. The Morgan fingerprint density at radius 2 is 2.29 bits per heavy atom. The zero-order valence-corrected chi connectivity index (χ0v) is 9.29. The first kappa shape index (κ1) is 9.83. The van der Waals surface area contributed by atoms with Gasteiger partial charge in [0.1, 0.15) is 23.4 Å². The van der Waals surface area contributed by atoms with Gasteiger partial charge < -0.3 is 10.3 Å². The summed E-state index contributed by atoms with van der Waals surface area (Å²) in [6.07, 6.45) is 3.76. The van der Waals surface area contributed by atoms with E-state index in [-0.39, 0.29) is 0 Å². The number of furan rings is 1. The molecular formula is C11H11N5O. The van der Waals surface area contributed by atoms with Gasteiger partial charge in [-0.15, -0.1) is 0 Å². The number of nitrogens with two attached hydrogens (primary N) is 1. The maximum atomic E-state index is 5.73. The highest BCUT2D eigenvalue weighted by Gasteiger charge is 2.12. The van der Waals surface area contributed by atoms with E-state index in [2.05, 4.69) is 15.0 Å². The van der Waals surface area contributed by atoms with Crippen molar-refractivity contribution in [3.63, 3.8) is 0 Å². The van der Waals surface area contributed by atoms with Gasteiger partial charge in [0, 0.05) is 0 Å². The molecule has 0 atom stereocenters. The minimum Gasteiger partial charge on any atom is -0.469 e. The molecule has 0 saturated carbocycles. The number of imidazole rings is 1. The molecule has 0 spiro atoms. The third-order valence-electron chi connectivity index (χ3n) is 2.53. The molecule has 6 heteroatoms. The van der Waals surface area contributed by atoms with Crippen molar-refractivity contribution in [2.75, 3.05) is 5.84 Å². The molecule has 0 amide bonds. The van der Waals surface area contributed by atoms with E-state index in [1.807, 2.05) is 19.1 Å². The van der Waals surface area contributed by atoms with Crippen LogP contribution in [0.4, 0.5) is 0 Å². The van der Waals surface area contributed by atoms with Gasteiger partial charge in [0.15, 0.2) is 5.65 Å². The summed E-state index contributed by atoms with van der Waals surface area (Å²) >= 11 is 0. The Bertz CT molecular complexity index is 656. The molecule has 2 N–H and O–H groups in total. The van der Waals surface area contributed by atoms with E-state index in [9.17, 15) is 0 Å². The maximum Gasteiger partial charge on any atom is 0.182 e. The van der Waals surface area contributed by atoms with Gasteiger partial charge in [0.25, 0.3) is 0 Å². The summed E-state index contributed by atoms with van der Waals surface area (Å²) < 4.78 is 6.71. The molecule has 0 aromatic carbocycles. The Labute approximate surface area is 97.1 Å². The van der Waals surface area contributed by atoms with E-state index >= 15 is 0 Å². The van der Waals surface area contributed by atoms with Crippen molar-refractivity contribution in [1.29, 1.82) is 0 Å². The Kier molecular flexibility index (Phi) is 2.07. The smallest absolute Gasteiger partial charge is 0.182 e. The van der Waals surface area contributed by atoms with Crippen LogP contribution in [0.25, 0.3) is 11.2 Å². The van der Waals surface area contributed by atoms with Crippen molar-refractivity contribution in [3.05, 3.63) is 42.0 Å². The molecule has 0 aliphatic carbocycles. The van der Waals surface area contributed by atoms with Crippen LogP contribution >= 0.6 is 0 Å². The van der Waals surface area contributed by atoms with Crippen LogP contribution in [0.15, 0.2) is 29.1 Å². The molecule has 17 heavy (non-hydrogen) atoms. The van der Waals surface area contributed by atoms with Gasteiger partial charge in [0.05, 0.1) is 18.4 Å². The molecule has 0 bridgehead atoms. The Morgan fingerprint density at radius 1 is 1.41 bits per heavy atom. The third-order valence-corrected chi connectivity index (χ3v) is 2.53. The first-order chi connectivity index (χ1) is 8.24. The normalized spacial score (nSPS) is 11.1. The third kappa shape index (κ3) is 1.63. The van der Waals surface area contributed by atoms with Crippen molar-refractivity contribution < 1.29 is 4.42 Å². The fourth-order valence-corrected chi connectivity index (χ4v) is 1.80. The molecule has 0 fully saturated rings. The maximum absolute atomic E-state index is 5.73. The topological polar surface area (TPSA) is 82.8 Å². The van der Waals surface area contributed by atoms with Gasteiger partial charge in [-0.1, -0.05) is 0 Å². The molecule has 86 valence electrons. The largest absolute Gasteiger partial charge is 0.469 e. The molecule has 0 saturated heterocycles. The van der Waals surface area contributed by atoms with Crippen molar-refractivity contribution in [3.8, 4) is 0 Å². The second-order valence-electron chi connectivity index (χ2n) is 3.80. The van der Waals surface area contributed by atoms with Gasteiger partial charge >= 0.3 is 0 Å². The Balaban J connectivity index is 2.15. The van der Waals surface area contributed by atoms with Crippen molar-refractivity contribution in [2.24, 2.45) is 0 Å². The summed E-state index contributed by atoms with van der Waals surface area (Å²) in [5.74, 6) is 7.24. The lowest BCUT2D eigenvalue weighted by Crippen LogP contribution is -2.08. The van der Waals surface area contributed by atoms with Crippen LogP contribution in [-0.4, -0.2) is 19.6 Å². The SMILES string of the molecule is Cc1nc(Cc2ccco2)c2ncn(N)c2n1. The van der Waals surface area contributed by atoms with Gasteiger partial charge in [-0.3, -0.25) is 0 Å². The second kappa shape index (κ2) is 3.58. The summed E-state index contributed by atoms with van der Waals surface area (Å²) in [5.41, 5.74) is 2.18. The highest BCUT2D eigenvalue weighted by Crippen LogP contribution is 2.16. The number of rotatable bonds is 2. The highest BCUT2D eigenvalue weighted by atomic mass is 16.3. The van der Waals surface area contributed by atoms with Crippen LogP contribution in [-0.2, 0) is 6.42 Å². The van der Waals surface area contributed by atoms with E-state index in [1.165, 1.54) is 11.0 Å². The number of aryl methyl sites for hydroxylation is 1. The van der Waals surface area contributed by atoms with Crippen LogP contribution in [0.1, 0.15) is 17.3 Å². The van der Waals surface area contributed by atoms with E-state index in [4.69, 9.17) is 10.3 Å². The fourth-order valence-electron chi connectivity index (χ4n) is 1.80. The quantitative estimate of drug-likeness (QED) is 0.663. The zero-order chi connectivity index (χ0) is 11.8. The molecule has 0 aliphatic heterocycles. The summed E-state index contributed by atoms with van der Waals surface area (Å²) in [4.78, 5) is 12.9. The van der Waals surface area contributed by atoms with E-state index in [0.717, 1.165) is 17.0 Å². The summed E-state index contributed by atoms with van der Waals surface area (Å²) in [6.45, 7) is 1.83. The lowest BCUT2D eigenvalue weighted by atomic mass is 10.2. The van der Waals surface area contributed by atoms with Crippen molar-refractivity contribution in [1.82, 2.24) is 19.6 Å². The predicted octanol–water partition coefficient (Wildman–Crippen LogP) is 1.03. The standard InChI is InChI=1S/C11H11N5O/c1-7-14-9(5-8-3-2-4-17-8)10-11(15-7)16(12)6-13-10/h2-4,6H,5,12H2,1H3. The number of hydrogen-bond acceptors (Lipinski definition) is 5. The number of nitrogens with zero attached hydrogens (tertiary/aromatic N) is 4. The first-order valence-corrected chi connectivity index (χ1v) is 5.22. The van der Waals surface area contributed by atoms with Crippen LogP contribution in [0.5, 0.6) is 0 Å². The average Bonchev–Trinajstić information content (AvgIpc) is 2.90. The van der Waals surface area contributed by atoms with E-state index in [1.54, 1.807) is 6.26 Å². The Morgan fingerprint density at radius 3 is 3.06 bits per heavy atom. The van der Waals surface area contributed by atoms with Gasteiger partial charge in [-0.05, 0) is 19.1 Å². The molecule has 3 rings (SSSR count). The zero-order valence-electron chi connectivity index (χ0n) is 9.29. The molecule has 0 unspecified atom stereocenters. The second-order valence-corrected chi connectivity index (χ2v) is 3.80. The molecule has 3 heterocycles. The van der Waals surface area contributed by atoms with Crippen LogP contribution in [0.3, 0.4) is 0 Å². The van der Waals surface area contributed by atoms with Crippen molar-refractivity contribution >= 4 is 11.2 Å². The predicted molar refractivity (Wildman–Crippen MR) is 61.7 cm³/mol. The number of nitrogen functional groups attached to an aromatic ring is 1. The molecule has 0 aliphatic rings. The van der Waals surface area contributed by atoms with Crippen LogP contribution in [0.2, 0.25) is 0 Å². The number of fused-ring (bicyclic) bond motifs is 1. The van der Waals surface area contributed by atoms with Gasteiger partial charge in [-0.2, -0.15) is 0 Å². The van der Waals surface area contributed by atoms with E-state index in [0.29, 0.717) is 17.9 Å². The summed E-state index contributed by atoms with van der Waals surface area (Å²) in [7, 11) is 0. The summed E-state index contributed by atoms with van der Waals surface area (Å²) in [5, 5.41) is 0. The molecule has 6 nitrogen and oxygen atoms in total. The van der Waals surface area contributed by atoms with Crippen LogP contribution in [0, 0.1) is 6.92 Å². The van der Waals surface area contributed by atoms with Gasteiger partial charge in [-0.25, -0.2) is 19.6 Å². The molecule has 3 aromatic heterocycles. The molecule has 3 aromatic rings. The minimum atomic E-state index is 0.587. The monoisotopic (exact) mass is 229 g/mol. The summed E-state index contributed by atoms with van der Waals surface area (Å²) in [6, 6.07) is 3.75. The lowest BCUT2D eigenvalue weighted by molar-refractivity contribution is 0.519. The van der Waals surface area contributed by atoms with Gasteiger partial charge in [0.2, 0.25) is 0 Å². The number of aromatic nitrogens is 4. The fraction of sp³-hybridized carbons (Fsp3) is 0.182. The van der Waals surface area contributed by atoms with Crippen LogP contribution < -0.4 is 5.84 Å². The highest BCUT2D eigenvalue weighted by molar-refractivity contribution is 5.73. The minimum absolute atomic E-state index is 0.587. The molecular weight excluding hydrogens is 218 g/mol. The molecule has 0 radical (unpaired) electrons. The first-order valence-electron chi connectivity index (χ1n) is 5.22. The Hall–Kier alpha value is -2.37. The van der Waals surface area contributed by atoms with Crippen molar-refractivity contribution in [2.45, 2.75) is 13.3 Å². The number of hydrogen-bond donors (Lipinski definition) is 1. The van der Waals surface area contributed by atoms with E-state index < -0.39 is 0 Å².